The van der Waals surface area contributed by atoms with Gasteiger partial charge in [-0.3, -0.25) is 4.90 Å². The van der Waals surface area contributed by atoms with Gasteiger partial charge in [0.1, 0.15) is 0 Å². The van der Waals surface area contributed by atoms with E-state index in [4.69, 9.17) is 5.73 Å². The molecule has 1 aliphatic rings. The highest BCUT2D eigenvalue weighted by Crippen LogP contribution is 2.12. The fourth-order valence-corrected chi connectivity index (χ4v) is 1.67. The summed E-state index contributed by atoms with van der Waals surface area (Å²) in [6.45, 7) is 6.25. The molecule has 0 aromatic heterocycles. The number of nitrogens with zero attached hydrogens (tertiary/aromatic N) is 1. The monoisotopic (exact) mass is 172 g/mol. The van der Waals surface area contributed by atoms with Crippen LogP contribution in [0.4, 0.5) is 0 Å². The Kier molecular flexibility index (Phi) is 3.50. The lowest BCUT2D eigenvalue weighted by Gasteiger charge is -2.26. The van der Waals surface area contributed by atoms with Crippen LogP contribution in [0, 0.1) is 0 Å². The summed E-state index contributed by atoms with van der Waals surface area (Å²) in [5, 5.41) is 9.51. The lowest BCUT2D eigenvalue weighted by atomic mass is 10.1. The molecule has 0 aromatic rings. The molecule has 2 atom stereocenters. The number of hydrogen-bond acceptors (Lipinski definition) is 3. The van der Waals surface area contributed by atoms with Gasteiger partial charge >= 0.3 is 0 Å². The number of nitrogens with two attached hydrogens (primary N) is 1. The zero-order chi connectivity index (χ0) is 9.14. The van der Waals surface area contributed by atoms with Crippen LogP contribution < -0.4 is 5.73 Å². The molecule has 1 fully saturated rings. The molecular weight excluding hydrogens is 152 g/mol. The van der Waals surface area contributed by atoms with Crippen LogP contribution in [0.5, 0.6) is 0 Å². The van der Waals surface area contributed by atoms with Crippen LogP contribution in [0.3, 0.4) is 0 Å². The minimum atomic E-state index is -0.297. The van der Waals surface area contributed by atoms with E-state index in [0.717, 1.165) is 25.9 Å². The number of likely N-dealkylation sites (tertiary alicyclic amines) is 1. The molecule has 3 heteroatoms. The van der Waals surface area contributed by atoms with Crippen molar-refractivity contribution in [2.45, 2.75) is 44.9 Å². The molecule has 0 radical (unpaired) electrons. The summed E-state index contributed by atoms with van der Waals surface area (Å²) in [5.74, 6) is 0. The summed E-state index contributed by atoms with van der Waals surface area (Å²) < 4.78 is 0. The second-order valence-electron chi connectivity index (χ2n) is 3.96. The van der Waals surface area contributed by atoms with Crippen LogP contribution in [-0.4, -0.2) is 41.3 Å². The third kappa shape index (κ3) is 2.44. The van der Waals surface area contributed by atoms with Gasteiger partial charge in [0.15, 0.2) is 0 Å². The van der Waals surface area contributed by atoms with E-state index < -0.39 is 0 Å². The number of rotatable bonds is 1. The highest BCUT2D eigenvalue weighted by Gasteiger charge is 2.23. The maximum atomic E-state index is 9.51. The zero-order valence-corrected chi connectivity index (χ0v) is 8.03. The average molecular weight is 172 g/mol. The Morgan fingerprint density at radius 3 is 2.75 bits per heavy atom. The van der Waals surface area contributed by atoms with Crippen molar-refractivity contribution in [3.05, 3.63) is 0 Å². The van der Waals surface area contributed by atoms with Crippen molar-refractivity contribution in [2.24, 2.45) is 5.73 Å². The minimum Gasteiger partial charge on any atom is -0.391 e. The molecule has 0 spiro atoms. The van der Waals surface area contributed by atoms with Crippen LogP contribution in [-0.2, 0) is 0 Å². The Morgan fingerprint density at radius 1 is 1.50 bits per heavy atom. The van der Waals surface area contributed by atoms with Crippen molar-refractivity contribution in [1.29, 1.82) is 0 Å². The van der Waals surface area contributed by atoms with Gasteiger partial charge in [-0.05, 0) is 33.2 Å². The Hall–Kier alpha value is -0.120. The van der Waals surface area contributed by atoms with Crippen molar-refractivity contribution < 1.29 is 5.11 Å². The number of aliphatic hydroxyl groups excluding tert-OH is 1. The normalized spacial score (nSPS) is 33.8. The van der Waals surface area contributed by atoms with Gasteiger partial charge in [0.2, 0.25) is 0 Å². The standard InChI is InChI=1S/C9H20N2O/c1-7(2)11-5-3-4-9(12)8(10)6-11/h7-9,12H,3-6,10H2,1-2H3/t8-,9+/m1/s1. The third-order valence-corrected chi connectivity index (χ3v) is 2.62. The largest absolute Gasteiger partial charge is 0.391 e. The molecular formula is C9H20N2O. The molecule has 0 aliphatic carbocycles. The average Bonchev–Trinajstić information content (AvgIpc) is 2.15. The minimum absolute atomic E-state index is 0.0603. The lowest BCUT2D eigenvalue weighted by molar-refractivity contribution is 0.128. The van der Waals surface area contributed by atoms with Crippen LogP contribution in [0.2, 0.25) is 0 Å². The van der Waals surface area contributed by atoms with Crippen molar-refractivity contribution in [3.63, 3.8) is 0 Å². The summed E-state index contributed by atoms with van der Waals surface area (Å²) in [4.78, 5) is 2.33. The Bertz CT molecular complexity index is 138. The fraction of sp³-hybridized carbons (Fsp3) is 1.00. The van der Waals surface area contributed by atoms with Crippen molar-refractivity contribution in [1.82, 2.24) is 4.90 Å². The van der Waals surface area contributed by atoms with E-state index in [1.54, 1.807) is 0 Å². The highest BCUT2D eigenvalue weighted by atomic mass is 16.3. The first-order valence-corrected chi connectivity index (χ1v) is 4.79. The summed E-state index contributed by atoms with van der Waals surface area (Å²) in [6.07, 6.45) is 1.62. The summed E-state index contributed by atoms with van der Waals surface area (Å²) >= 11 is 0. The molecule has 0 bridgehead atoms. The van der Waals surface area contributed by atoms with E-state index >= 15 is 0 Å². The van der Waals surface area contributed by atoms with Crippen molar-refractivity contribution in [3.8, 4) is 0 Å². The van der Waals surface area contributed by atoms with Gasteiger partial charge in [-0.25, -0.2) is 0 Å². The van der Waals surface area contributed by atoms with Gasteiger partial charge in [-0.15, -0.1) is 0 Å². The summed E-state index contributed by atoms with van der Waals surface area (Å²) in [5.41, 5.74) is 5.81. The molecule has 0 amide bonds. The van der Waals surface area contributed by atoms with Gasteiger partial charge in [0, 0.05) is 18.6 Å². The fourth-order valence-electron chi connectivity index (χ4n) is 1.67. The zero-order valence-electron chi connectivity index (χ0n) is 8.03. The first-order chi connectivity index (χ1) is 5.61. The molecule has 0 saturated carbocycles. The third-order valence-electron chi connectivity index (χ3n) is 2.62. The molecule has 1 heterocycles. The van der Waals surface area contributed by atoms with Crippen LogP contribution in [0.25, 0.3) is 0 Å². The molecule has 3 N–H and O–H groups in total. The van der Waals surface area contributed by atoms with Crippen LogP contribution in [0.15, 0.2) is 0 Å². The molecule has 0 aromatic carbocycles. The molecule has 12 heavy (non-hydrogen) atoms. The van der Waals surface area contributed by atoms with E-state index in [1.165, 1.54) is 0 Å². The molecule has 1 aliphatic heterocycles. The van der Waals surface area contributed by atoms with E-state index in [2.05, 4.69) is 18.7 Å². The Morgan fingerprint density at radius 2 is 2.17 bits per heavy atom. The lowest BCUT2D eigenvalue weighted by Crippen LogP contribution is -2.44. The Labute approximate surface area is 74.5 Å². The van der Waals surface area contributed by atoms with Gasteiger partial charge < -0.3 is 10.8 Å². The molecule has 3 nitrogen and oxygen atoms in total. The number of aliphatic hydroxyl groups is 1. The van der Waals surface area contributed by atoms with Gasteiger partial charge in [0.25, 0.3) is 0 Å². The second kappa shape index (κ2) is 4.21. The SMILES string of the molecule is CC(C)N1CCC[C@H](O)[C@H](N)C1. The second-order valence-corrected chi connectivity index (χ2v) is 3.96. The van der Waals surface area contributed by atoms with Gasteiger partial charge in [-0.2, -0.15) is 0 Å². The van der Waals surface area contributed by atoms with Crippen LogP contribution >= 0.6 is 0 Å². The number of hydrogen-bond donors (Lipinski definition) is 2. The van der Waals surface area contributed by atoms with E-state index in [9.17, 15) is 5.11 Å². The predicted molar refractivity (Wildman–Crippen MR) is 49.9 cm³/mol. The Balaban J connectivity index is 2.48. The first-order valence-electron chi connectivity index (χ1n) is 4.79. The van der Waals surface area contributed by atoms with Crippen molar-refractivity contribution >= 4 is 0 Å². The van der Waals surface area contributed by atoms with E-state index in [0.29, 0.717) is 6.04 Å². The molecule has 1 saturated heterocycles. The summed E-state index contributed by atoms with van der Waals surface area (Å²) in [7, 11) is 0. The van der Waals surface area contributed by atoms with Crippen LogP contribution in [0.1, 0.15) is 26.7 Å². The summed E-state index contributed by atoms with van der Waals surface area (Å²) in [6, 6.07) is 0.483. The van der Waals surface area contributed by atoms with E-state index in [-0.39, 0.29) is 12.1 Å². The predicted octanol–water partition coefficient (Wildman–Crippen LogP) is 0.179. The highest BCUT2D eigenvalue weighted by molar-refractivity contribution is 4.81. The quantitative estimate of drug-likeness (QED) is 0.593. The van der Waals surface area contributed by atoms with Crippen molar-refractivity contribution in [2.75, 3.05) is 13.1 Å². The topological polar surface area (TPSA) is 49.5 Å². The van der Waals surface area contributed by atoms with Gasteiger partial charge in [0.05, 0.1) is 6.10 Å². The molecule has 1 rings (SSSR count). The maximum absolute atomic E-state index is 9.51. The first kappa shape index (κ1) is 9.96. The van der Waals surface area contributed by atoms with E-state index in [1.807, 2.05) is 0 Å². The smallest absolute Gasteiger partial charge is 0.0704 e. The van der Waals surface area contributed by atoms with Gasteiger partial charge in [-0.1, -0.05) is 0 Å². The molecule has 72 valence electrons. The maximum Gasteiger partial charge on any atom is 0.0704 e. The molecule has 0 unspecified atom stereocenters.